The van der Waals surface area contributed by atoms with Gasteiger partial charge in [0.25, 0.3) is 0 Å². The van der Waals surface area contributed by atoms with Gasteiger partial charge < -0.3 is 20.0 Å². The Morgan fingerprint density at radius 1 is 1.30 bits per heavy atom. The fraction of sp³-hybridized carbons (Fsp3) is 0.214. The molecule has 0 bridgehead atoms. The van der Waals surface area contributed by atoms with E-state index in [1.54, 1.807) is 24.3 Å². The molecule has 1 aromatic carbocycles. The van der Waals surface area contributed by atoms with Gasteiger partial charge in [0.1, 0.15) is 0 Å². The normalized spacial score (nSPS) is 11.8. The summed E-state index contributed by atoms with van der Waals surface area (Å²) in [5.41, 5.74) is 0.792. The number of aliphatic carboxylic acids is 1. The monoisotopic (exact) mass is 276 g/mol. The van der Waals surface area contributed by atoms with Gasteiger partial charge in [-0.15, -0.1) is 0 Å². The van der Waals surface area contributed by atoms with Gasteiger partial charge in [-0.3, -0.25) is 9.59 Å². The molecule has 1 rings (SSSR count). The van der Waals surface area contributed by atoms with E-state index in [-0.39, 0.29) is 0 Å². The van der Waals surface area contributed by atoms with Gasteiger partial charge >= 0.3 is 5.97 Å². The van der Waals surface area contributed by atoms with Crippen LogP contribution < -0.4 is 10.4 Å². The summed E-state index contributed by atoms with van der Waals surface area (Å²) in [5.74, 6) is -2.92. The first-order chi connectivity index (χ1) is 9.52. The predicted molar refractivity (Wildman–Crippen MR) is 69.0 cm³/mol. The van der Waals surface area contributed by atoms with Crippen LogP contribution in [-0.2, 0) is 19.1 Å². The third kappa shape index (κ3) is 5.34. The Bertz CT molecular complexity index is 510. The Morgan fingerprint density at radius 3 is 2.50 bits per heavy atom. The van der Waals surface area contributed by atoms with Gasteiger partial charge in [-0.1, -0.05) is 30.3 Å². The second-order valence-electron chi connectivity index (χ2n) is 3.90. The van der Waals surface area contributed by atoms with Crippen molar-refractivity contribution in [2.45, 2.75) is 12.5 Å². The average molecular weight is 276 g/mol. The summed E-state index contributed by atoms with van der Waals surface area (Å²) in [6.07, 6.45) is 2.23. The molecule has 0 spiro atoms. The Morgan fingerprint density at radius 2 is 1.95 bits per heavy atom. The molecular formula is C14H14NO5-. The average Bonchev–Trinajstić information content (AvgIpc) is 2.45. The van der Waals surface area contributed by atoms with Crippen LogP contribution in [-0.4, -0.2) is 31.0 Å². The largest absolute Gasteiger partial charge is 0.548 e. The lowest BCUT2D eigenvalue weighted by atomic mass is 10.2. The molecule has 0 aromatic heterocycles. The van der Waals surface area contributed by atoms with Gasteiger partial charge in [-0.05, 0) is 11.6 Å². The van der Waals surface area contributed by atoms with Crippen LogP contribution in [0.4, 0.5) is 0 Å². The maximum absolute atomic E-state index is 11.6. The van der Waals surface area contributed by atoms with Crippen LogP contribution in [0.15, 0.2) is 36.4 Å². The number of methoxy groups -OCH3 is 1. The smallest absolute Gasteiger partial charge is 0.307 e. The summed E-state index contributed by atoms with van der Waals surface area (Å²) in [7, 11) is 1.13. The minimum absolute atomic E-state index is 0.482. The van der Waals surface area contributed by atoms with Crippen LogP contribution in [0.5, 0.6) is 0 Å². The van der Waals surface area contributed by atoms with Gasteiger partial charge in [0, 0.05) is 6.08 Å². The van der Waals surface area contributed by atoms with Gasteiger partial charge in [-0.25, -0.2) is 0 Å². The van der Waals surface area contributed by atoms with E-state index in [9.17, 15) is 19.5 Å². The topological polar surface area (TPSA) is 95.5 Å². The van der Waals surface area contributed by atoms with Gasteiger partial charge in [0.2, 0.25) is 5.91 Å². The lowest BCUT2D eigenvalue weighted by Crippen LogP contribution is -2.48. The molecule has 20 heavy (non-hydrogen) atoms. The fourth-order valence-corrected chi connectivity index (χ4v) is 1.40. The van der Waals surface area contributed by atoms with E-state index in [0.29, 0.717) is 0 Å². The molecule has 0 radical (unpaired) electrons. The fourth-order valence-electron chi connectivity index (χ4n) is 1.40. The Labute approximate surface area is 116 Å². The molecule has 0 aliphatic carbocycles. The highest BCUT2D eigenvalue weighted by atomic mass is 16.5. The molecule has 0 fully saturated rings. The summed E-state index contributed by atoms with van der Waals surface area (Å²) >= 11 is 0. The number of rotatable bonds is 6. The molecule has 1 amide bonds. The Balaban J connectivity index is 2.60. The van der Waals surface area contributed by atoms with E-state index in [0.717, 1.165) is 12.7 Å². The van der Waals surface area contributed by atoms with Crippen LogP contribution >= 0.6 is 0 Å². The summed E-state index contributed by atoms with van der Waals surface area (Å²) < 4.78 is 4.34. The number of esters is 1. The van der Waals surface area contributed by atoms with E-state index in [2.05, 4.69) is 10.1 Å². The molecule has 106 valence electrons. The zero-order chi connectivity index (χ0) is 15.0. The van der Waals surface area contributed by atoms with Crippen molar-refractivity contribution in [2.24, 2.45) is 0 Å². The van der Waals surface area contributed by atoms with E-state index >= 15 is 0 Å². The number of carbonyl (C=O) groups is 3. The number of amides is 1. The molecule has 0 aliphatic heterocycles. The predicted octanol–water partition coefficient (Wildman–Crippen LogP) is -0.502. The Hall–Kier alpha value is -2.63. The van der Waals surface area contributed by atoms with E-state index < -0.39 is 30.3 Å². The number of hydrogen-bond acceptors (Lipinski definition) is 5. The van der Waals surface area contributed by atoms with Crippen LogP contribution in [0.1, 0.15) is 12.0 Å². The second-order valence-corrected chi connectivity index (χ2v) is 3.90. The molecule has 0 unspecified atom stereocenters. The van der Waals surface area contributed by atoms with Crippen molar-refractivity contribution in [1.29, 1.82) is 0 Å². The number of carbonyl (C=O) groups excluding carboxylic acids is 3. The molecule has 0 aliphatic rings. The van der Waals surface area contributed by atoms with Gasteiger partial charge in [0.05, 0.1) is 25.5 Å². The van der Waals surface area contributed by atoms with Crippen molar-refractivity contribution in [3.8, 4) is 0 Å². The summed E-state index contributed by atoms with van der Waals surface area (Å²) in [6.45, 7) is 0. The lowest BCUT2D eigenvalue weighted by molar-refractivity contribution is -0.308. The number of carboxylic acid groups (broad SMARTS) is 1. The first kappa shape index (κ1) is 15.4. The van der Waals surface area contributed by atoms with Crippen molar-refractivity contribution in [3.05, 3.63) is 42.0 Å². The first-order valence-electron chi connectivity index (χ1n) is 5.84. The van der Waals surface area contributed by atoms with E-state index in [1.807, 2.05) is 6.07 Å². The molecule has 6 heteroatoms. The molecular weight excluding hydrogens is 262 g/mol. The lowest BCUT2D eigenvalue weighted by Gasteiger charge is -2.17. The summed E-state index contributed by atoms with van der Waals surface area (Å²) in [5, 5.41) is 13.0. The molecule has 1 aromatic rings. The quantitative estimate of drug-likeness (QED) is 0.558. The Kier molecular flexibility index (Phi) is 5.96. The minimum atomic E-state index is -1.54. The van der Waals surface area contributed by atoms with Crippen LogP contribution in [0.2, 0.25) is 0 Å². The van der Waals surface area contributed by atoms with Crippen molar-refractivity contribution in [3.63, 3.8) is 0 Å². The molecule has 0 heterocycles. The van der Waals surface area contributed by atoms with Gasteiger partial charge in [0.15, 0.2) is 0 Å². The van der Waals surface area contributed by atoms with Crippen molar-refractivity contribution < 1.29 is 24.2 Å². The third-order valence-electron chi connectivity index (χ3n) is 2.43. The SMILES string of the molecule is COC(=O)C[C@H](NC(=O)C=Cc1ccccc1)C(=O)[O-]. The number of carboxylic acids is 1. The molecule has 6 nitrogen and oxygen atoms in total. The zero-order valence-electron chi connectivity index (χ0n) is 10.9. The van der Waals surface area contributed by atoms with Crippen molar-refractivity contribution >= 4 is 23.9 Å². The minimum Gasteiger partial charge on any atom is -0.548 e. The van der Waals surface area contributed by atoms with E-state index in [4.69, 9.17) is 0 Å². The standard InChI is InChI=1S/C14H15NO5/c1-20-13(17)9-11(14(18)19)15-12(16)8-7-10-5-3-2-4-6-10/h2-8,11H,9H2,1H3,(H,15,16)(H,18,19)/p-1/t11-/m0/s1. The van der Waals surface area contributed by atoms with E-state index in [1.165, 1.54) is 12.2 Å². The number of nitrogens with one attached hydrogen (secondary N) is 1. The van der Waals surface area contributed by atoms with Crippen molar-refractivity contribution in [1.82, 2.24) is 5.32 Å². The number of hydrogen-bond donors (Lipinski definition) is 1. The first-order valence-corrected chi connectivity index (χ1v) is 5.84. The maximum atomic E-state index is 11.6. The van der Waals surface area contributed by atoms with Crippen molar-refractivity contribution in [2.75, 3.05) is 7.11 Å². The number of ether oxygens (including phenoxy) is 1. The molecule has 1 N–H and O–H groups in total. The maximum Gasteiger partial charge on any atom is 0.307 e. The molecule has 0 saturated carbocycles. The second kappa shape index (κ2) is 7.73. The zero-order valence-corrected chi connectivity index (χ0v) is 10.9. The third-order valence-corrected chi connectivity index (χ3v) is 2.43. The van der Waals surface area contributed by atoms with Crippen LogP contribution in [0.3, 0.4) is 0 Å². The van der Waals surface area contributed by atoms with Crippen LogP contribution in [0.25, 0.3) is 6.08 Å². The number of benzene rings is 1. The van der Waals surface area contributed by atoms with Gasteiger partial charge in [-0.2, -0.15) is 0 Å². The molecule has 1 atom stereocenters. The summed E-state index contributed by atoms with van der Waals surface area (Å²) in [4.78, 5) is 33.4. The molecule has 0 saturated heterocycles. The van der Waals surface area contributed by atoms with Crippen LogP contribution in [0, 0.1) is 0 Å². The highest BCUT2D eigenvalue weighted by Crippen LogP contribution is 2.01. The highest BCUT2D eigenvalue weighted by molar-refractivity contribution is 5.95. The highest BCUT2D eigenvalue weighted by Gasteiger charge is 2.16. The summed E-state index contributed by atoms with van der Waals surface area (Å²) in [6, 6.07) is 7.59.